The maximum atomic E-state index is 13.1. The number of amides is 1. The largest absolute Gasteiger partial charge is 0.478 e. The molecule has 0 aromatic carbocycles. The molecule has 3 atom stereocenters. The first-order chi connectivity index (χ1) is 11.2. The van der Waals surface area contributed by atoms with Crippen LogP contribution in [0.25, 0.3) is 0 Å². The third kappa shape index (κ3) is 2.37. The van der Waals surface area contributed by atoms with Crippen molar-refractivity contribution < 1.29 is 19.3 Å². The molecular formula is C17H25N2O3S+. The fourth-order valence-electron chi connectivity index (χ4n) is 4.96. The molecule has 1 N–H and O–H groups in total. The lowest BCUT2D eigenvalue weighted by molar-refractivity contribution is -0.824. The first-order valence-corrected chi connectivity index (χ1v) is 9.87. The first-order valence-electron chi connectivity index (χ1n) is 8.99. The van der Waals surface area contributed by atoms with Gasteiger partial charge in [0.05, 0.1) is 6.04 Å². The van der Waals surface area contributed by atoms with E-state index in [0.29, 0.717) is 21.6 Å². The Morgan fingerprint density at radius 3 is 2.30 bits per heavy atom. The Hall–Kier alpha value is -0.850. The number of carboxylic acids is 1. The minimum atomic E-state index is -1.01. The van der Waals surface area contributed by atoms with Crippen molar-refractivity contribution in [2.24, 2.45) is 0 Å². The van der Waals surface area contributed by atoms with Gasteiger partial charge in [0.2, 0.25) is 0 Å². The zero-order chi connectivity index (χ0) is 16.0. The van der Waals surface area contributed by atoms with E-state index in [1.54, 1.807) is 0 Å². The topological polar surface area (TPSA) is 57.4 Å². The van der Waals surface area contributed by atoms with Gasteiger partial charge in [-0.1, -0.05) is 30.7 Å². The predicted octanol–water partition coefficient (Wildman–Crippen LogP) is 3.22. The van der Waals surface area contributed by atoms with E-state index >= 15 is 0 Å². The average Bonchev–Trinajstić information content (AvgIpc) is 3.15. The summed E-state index contributed by atoms with van der Waals surface area (Å²) in [5, 5.41) is 11.5. The molecule has 2 aliphatic heterocycles. The van der Waals surface area contributed by atoms with Crippen molar-refractivity contribution in [3.8, 4) is 0 Å². The Kier molecular flexibility index (Phi) is 4.02. The highest BCUT2D eigenvalue weighted by molar-refractivity contribution is 8.05. The maximum absolute atomic E-state index is 13.1. The second-order valence-corrected chi connectivity index (χ2v) is 8.40. The quantitative estimate of drug-likeness (QED) is 0.487. The van der Waals surface area contributed by atoms with Crippen molar-refractivity contribution in [1.82, 2.24) is 5.01 Å². The van der Waals surface area contributed by atoms with Gasteiger partial charge in [-0.15, -0.1) is 4.59 Å². The van der Waals surface area contributed by atoms with Gasteiger partial charge in [-0.25, -0.2) is 9.59 Å². The van der Waals surface area contributed by atoms with E-state index in [-0.39, 0.29) is 11.4 Å². The third-order valence-electron chi connectivity index (χ3n) is 5.99. The number of nitrogens with zero attached hydrogens (tertiary/aromatic N) is 2. The molecule has 1 amide bonds. The van der Waals surface area contributed by atoms with Gasteiger partial charge in [0.1, 0.15) is 10.9 Å². The van der Waals surface area contributed by atoms with E-state index in [1.807, 2.05) is 0 Å². The molecule has 4 aliphatic rings. The molecular weight excluding hydrogens is 312 g/mol. The van der Waals surface area contributed by atoms with Gasteiger partial charge in [0.25, 0.3) is 5.50 Å². The second-order valence-electron chi connectivity index (χ2n) is 7.30. The van der Waals surface area contributed by atoms with Crippen LogP contribution in [0.2, 0.25) is 0 Å². The van der Waals surface area contributed by atoms with Crippen LogP contribution in [-0.4, -0.2) is 44.2 Å². The Bertz CT molecular complexity index is 552. The Balaban J connectivity index is 1.63. The molecule has 4 fully saturated rings. The summed E-state index contributed by atoms with van der Waals surface area (Å²) in [5.74, 6) is -0.950. The molecule has 2 saturated heterocycles. The number of fused-ring (bicyclic) bond motifs is 1. The number of carbonyl (C=O) groups excluding carboxylic acids is 1. The molecule has 0 aromatic rings. The summed E-state index contributed by atoms with van der Waals surface area (Å²) in [6.45, 7) is 0. The molecule has 23 heavy (non-hydrogen) atoms. The molecule has 6 heteroatoms. The molecule has 0 aromatic heterocycles. The lowest BCUT2D eigenvalue weighted by Crippen LogP contribution is -2.49. The van der Waals surface area contributed by atoms with Crippen molar-refractivity contribution in [3.05, 3.63) is 11.0 Å². The fraction of sp³-hybridized carbons (Fsp3) is 0.765. The lowest BCUT2D eigenvalue weighted by atomic mass is 9.93. The number of rotatable bonds is 3. The minimum Gasteiger partial charge on any atom is -0.478 e. The van der Waals surface area contributed by atoms with Crippen LogP contribution in [0.1, 0.15) is 64.2 Å². The van der Waals surface area contributed by atoms with Gasteiger partial charge in [0.15, 0.2) is 0 Å². The van der Waals surface area contributed by atoms with Gasteiger partial charge in [0, 0.05) is 18.9 Å². The standard InChI is InChI=1S/C17H24N2O3S/c20-15(21)11-14-16(22)19(13-9-5-2-6-10-13)17(23-14)18(19)12-7-3-1-4-8-12/h11-13,17H,1-10H2/p+1. The van der Waals surface area contributed by atoms with Crippen molar-refractivity contribution >= 4 is 23.6 Å². The average molecular weight is 337 g/mol. The molecule has 0 radical (unpaired) electrons. The summed E-state index contributed by atoms with van der Waals surface area (Å²) < 4.78 is 0.453. The Labute approximate surface area is 141 Å². The van der Waals surface area contributed by atoms with Gasteiger partial charge < -0.3 is 5.11 Å². The number of hydrogen-bond acceptors (Lipinski definition) is 4. The van der Waals surface area contributed by atoms with Crippen molar-refractivity contribution in [2.75, 3.05) is 0 Å². The molecule has 0 bridgehead atoms. The normalized spacial score (nSPS) is 40.3. The Morgan fingerprint density at radius 2 is 1.70 bits per heavy atom. The summed E-state index contributed by atoms with van der Waals surface area (Å²) in [7, 11) is 0. The first kappa shape index (κ1) is 15.7. The van der Waals surface area contributed by atoms with E-state index in [4.69, 9.17) is 5.11 Å². The summed E-state index contributed by atoms with van der Waals surface area (Å²) in [6, 6.07) is 0.883. The number of aliphatic carboxylic acids is 1. The van der Waals surface area contributed by atoms with Crippen molar-refractivity contribution in [3.63, 3.8) is 0 Å². The van der Waals surface area contributed by atoms with E-state index < -0.39 is 5.97 Å². The van der Waals surface area contributed by atoms with Crippen LogP contribution in [0.4, 0.5) is 0 Å². The molecule has 4 rings (SSSR count). The zero-order valence-electron chi connectivity index (χ0n) is 13.4. The summed E-state index contributed by atoms with van der Waals surface area (Å²) in [4.78, 5) is 24.6. The minimum absolute atomic E-state index is 0.0554. The van der Waals surface area contributed by atoms with E-state index in [0.717, 1.165) is 18.9 Å². The number of hydrogen-bond donors (Lipinski definition) is 1. The van der Waals surface area contributed by atoms with Crippen LogP contribution in [0.15, 0.2) is 11.0 Å². The smallest absolute Gasteiger partial charge is 0.374 e. The zero-order valence-corrected chi connectivity index (χ0v) is 14.3. The monoisotopic (exact) mass is 337 g/mol. The van der Waals surface area contributed by atoms with Crippen LogP contribution < -0.4 is 0 Å². The SMILES string of the molecule is O=C(O)C=C1SC2N(C3CCCCC3)[N+]2(C2CCCCC2)C1=O. The van der Waals surface area contributed by atoms with Crippen LogP contribution in [-0.2, 0) is 9.59 Å². The molecule has 2 aliphatic carbocycles. The lowest BCUT2D eigenvalue weighted by Gasteiger charge is -2.31. The highest BCUT2D eigenvalue weighted by Crippen LogP contribution is 2.62. The molecule has 3 unspecified atom stereocenters. The van der Waals surface area contributed by atoms with Gasteiger partial charge in [-0.2, -0.15) is 0 Å². The van der Waals surface area contributed by atoms with E-state index in [9.17, 15) is 9.59 Å². The van der Waals surface area contributed by atoms with Crippen molar-refractivity contribution in [1.29, 1.82) is 0 Å². The molecule has 0 spiro atoms. The van der Waals surface area contributed by atoms with E-state index in [2.05, 4.69) is 5.01 Å². The van der Waals surface area contributed by atoms with Crippen LogP contribution in [0.3, 0.4) is 0 Å². The molecule has 2 heterocycles. The molecule has 126 valence electrons. The highest BCUT2D eigenvalue weighted by atomic mass is 32.2. The van der Waals surface area contributed by atoms with E-state index in [1.165, 1.54) is 63.1 Å². The highest BCUT2D eigenvalue weighted by Gasteiger charge is 2.80. The number of carboxylic acid groups (broad SMARTS) is 1. The van der Waals surface area contributed by atoms with Gasteiger partial charge in [-0.3, -0.25) is 0 Å². The van der Waals surface area contributed by atoms with Crippen LogP contribution in [0, 0.1) is 0 Å². The predicted molar refractivity (Wildman–Crippen MR) is 88.0 cm³/mol. The number of thioether (sulfide) groups is 1. The number of carbonyl (C=O) groups is 2. The summed E-state index contributed by atoms with van der Waals surface area (Å²) >= 11 is 1.50. The maximum Gasteiger partial charge on any atom is 0.374 e. The Morgan fingerprint density at radius 1 is 1.09 bits per heavy atom. The fourth-order valence-corrected chi connectivity index (χ4v) is 6.52. The van der Waals surface area contributed by atoms with Crippen molar-refractivity contribution in [2.45, 2.75) is 81.8 Å². The number of quaternary nitrogens is 1. The van der Waals surface area contributed by atoms with Gasteiger partial charge >= 0.3 is 11.9 Å². The summed E-state index contributed by atoms with van der Waals surface area (Å²) in [6.07, 6.45) is 13.2. The molecule has 2 saturated carbocycles. The second kappa shape index (κ2) is 5.90. The van der Waals surface area contributed by atoms with Crippen LogP contribution >= 0.6 is 11.8 Å². The molecule has 5 nitrogen and oxygen atoms in total. The summed E-state index contributed by atoms with van der Waals surface area (Å²) in [5.41, 5.74) is 0.152. The third-order valence-corrected chi connectivity index (χ3v) is 7.29. The van der Waals surface area contributed by atoms with Crippen LogP contribution in [0.5, 0.6) is 0 Å². The van der Waals surface area contributed by atoms with Gasteiger partial charge in [-0.05, 0) is 37.4 Å².